The fourth-order valence-corrected chi connectivity index (χ4v) is 1.85. The predicted octanol–water partition coefficient (Wildman–Crippen LogP) is 1.48. The maximum atomic E-state index is 11.4. The van der Waals surface area contributed by atoms with Gasteiger partial charge in [-0.25, -0.2) is 0 Å². The monoisotopic (exact) mass is 322 g/mol. The molecule has 0 atom stereocenters. The number of aliphatic hydroxyl groups is 1. The number of benzene rings is 1. The van der Waals surface area contributed by atoms with Crippen LogP contribution in [0.1, 0.15) is 10.4 Å². The molecule has 0 saturated carbocycles. The molecule has 1 aromatic carbocycles. The van der Waals surface area contributed by atoms with Crippen molar-refractivity contribution in [2.45, 2.75) is 0 Å². The Morgan fingerprint density at radius 3 is 2.40 bits per heavy atom. The van der Waals surface area contributed by atoms with Gasteiger partial charge in [-0.1, -0.05) is 0 Å². The van der Waals surface area contributed by atoms with E-state index < -0.39 is 6.61 Å². The Bertz CT molecular complexity index is 376. The Morgan fingerprint density at radius 1 is 1.33 bits per heavy atom. The fourth-order valence-electron chi connectivity index (χ4n) is 1.16. The van der Waals surface area contributed by atoms with Gasteiger partial charge in [0.05, 0.1) is 23.4 Å². The Kier molecular flexibility index (Phi) is 4.34. The molecule has 0 fully saturated rings. The van der Waals surface area contributed by atoms with E-state index in [4.69, 9.17) is 14.6 Å². The number of hydrogen-bond acceptors (Lipinski definition) is 4. The summed E-state index contributed by atoms with van der Waals surface area (Å²) in [7, 11) is 3.01. The third kappa shape index (κ3) is 2.60. The molecule has 0 saturated heterocycles. The number of carbonyl (C=O) groups excluding carboxylic acids is 1. The number of rotatable bonds is 4. The van der Waals surface area contributed by atoms with E-state index in [2.05, 4.69) is 22.6 Å². The Balaban J connectivity index is 3.27. The lowest BCUT2D eigenvalue weighted by Gasteiger charge is -2.10. The van der Waals surface area contributed by atoms with Crippen LogP contribution in [0, 0.1) is 3.57 Å². The number of methoxy groups -OCH3 is 2. The van der Waals surface area contributed by atoms with Crippen molar-refractivity contribution < 1.29 is 19.4 Å². The van der Waals surface area contributed by atoms with Gasteiger partial charge in [0, 0.05) is 6.07 Å². The highest BCUT2D eigenvalue weighted by molar-refractivity contribution is 14.1. The highest BCUT2D eigenvalue weighted by Crippen LogP contribution is 2.30. The van der Waals surface area contributed by atoms with Crippen LogP contribution in [-0.2, 0) is 0 Å². The van der Waals surface area contributed by atoms with Gasteiger partial charge in [-0.3, -0.25) is 4.79 Å². The van der Waals surface area contributed by atoms with Crippen molar-refractivity contribution in [2.24, 2.45) is 0 Å². The highest BCUT2D eigenvalue weighted by Gasteiger charge is 2.14. The zero-order valence-electron chi connectivity index (χ0n) is 8.41. The van der Waals surface area contributed by atoms with Crippen LogP contribution in [0.4, 0.5) is 0 Å². The summed E-state index contributed by atoms with van der Waals surface area (Å²) in [4.78, 5) is 11.4. The van der Waals surface area contributed by atoms with Crippen LogP contribution in [0.5, 0.6) is 11.5 Å². The number of halogens is 1. The molecule has 82 valence electrons. The van der Waals surface area contributed by atoms with Crippen LogP contribution in [0.15, 0.2) is 12.1 Å². The summed E-state index contributed by atoms with van der Waals surface area (Å²) in [5.41, 5.74) is 0.366. The van der Waals surface area contributed by atoms with Gasteiger partial charge in [0.1, 0.15) is 18.1 Å². The van der Waals surface area contributed by atoms with Gasteiger partial charge in [-0.05, 0) is 28.7 Å². The first kappa shape index (κ1) is 12.3. The normalized spacial score (nSPS) is 9.87. The van der Waals surface area contributed by atoms with Crippen molar-refractivity contribution in [3.8, 4) is 11.5 Å². The molecule has 0 aliphatic rings. The molecule has 1 rings (SSSR count). The number of carbonyl (C=O) groups is 1. The minimum Gasteiger partial charge on any atom is -0.496 e. The zero-order chi connectivity index (χ0) is 11.4. The minimum absolute atomic E-state index is 0.366. The first-order valence-electron chi connectivity index (χ1n) is 4.19. The maximum absolute atomic E-state index is 11.4. The second kappa shape index (κ2) is 5.32. The molecular weight excluding hydrogens is 311 g/mol. The molecule has 4 nitrogen and oxygen atoms in total. The van der Waals surface area contributed by atoms with Gasteiger partial charge < -0.3 is 14.6 Å². The second-order valence-corrected chi connectivity index (χ2v) is 3.93. The Hall–Kier alpha value is -0.820. The van der Waals surface area contributed by atoms with Crippen molar-refractivity contribution in [1.82, 2.24) is 0 Å². The van der Waals surface area contributed by atoms with Crippen molar-refractivity contribution in [3.05, 3.63) is 21.3 Å². The molecular formula is C10H11IO4. The van der Waals surface area contributed by atoms with E-state index in [9.17, 15) is 4.79 Å². The topological polar surface area (TPSA) is 55.8 Å². The van der Waals surface area contributed by atoms with Crippen LogP contribution in [0.3, 0.4) is 0 Å². The maximum Gasteiger partial charge on any atom is 0.191 e. The van der Waals surface area contributed by atoms with Crippen molar-refractivity contribution in [1.29, 1.82) is 0 Å². The van der Waals surface area contributed by atoms with Crippen LogP contribution in [0.2, 0.25) is 0 Å². The SMILES string of the molecule is COc1cc(OC)c(C(=O)CO)cc1I. The minimum atomic E-state index is -0.529. The molecule has 0 heterocycles. The summed E-state index contributed by atoms with van der Waals surface area (Å²) in [6, 6.07) is 3.27. The lowest BCUT2D eigenvalue weighted by molar-refractivity contribution is 0.0900. The molecule has 0 spiro atoms. The van der Waals surface area contributed by atoms with Crippen LogP contribution >= 0.6 is 22.6 Å². The zero-order valence-corrected chi connectivity index (χ0v) is 10.6. The average molecular weight is 322 g/mol. The van der Waals surface area contributed by atoms with Gasteiger partial charge >= 0.3 is 0 Å². The first-order chi connectivity index (χ1) is 7.13. The summed E-state index contributed by atoms with van der Waals surface area (Å²) in [5.74, 6) is 0.681. The molecule has 1 N–H and O–H groups in total. The number of hydrogen-bond donors (Lipinski definition) is 1. The van der Waals surface area contributed by atoms with Crippen LogP contribution < -0.4 is 9.47 Å². The largest absolute Gasteiger partial charge is 0.496 e. The van der Waals surface area contributed by atoms with Crippen LogP contribution in [0.25, 0.3) is 0 Å². The summed E-state index contributed by atoms with van der Waals surface area (Å²) in [6.45, 7) is -0.529. The highest BCUT2D eigenvalue weighted by atomic mass is 127. The Labute approximate surface area is 101 Å². The number of ketones is 1. The van der Waals surface area contributed by atoms with Crippen molar-refractivity contribution in [2.75, 3.05) is 20.8 Å². The van der Waals surface area contributed by atoms with Gasteiger partial charge in [0.2, 0.25) is 0 Å². The number of aliphatic hydroxyl groups excluding tert-OH is 1. The van der Waals surface area contributed by atoms with E-state index >= 15 is 0 Å². The Morgan fingerprint density at radius 2 is 1.93 bits per heavy atom. The summed E-state index contributed by atoms with van der Waals surface area (Å²) < 4.78 is 10.9. The lowest BCUT2D eigenvalue weighted by atomic mass is 10.1. The summed E-state index contributed by atoms with van der Waals surface area (Å²) >= 11 is 2.05. The van der Waals surface area contributed by atoms with Gasteiger partial charge in [-0.15, -0.1) is 0 Å². The molecule has 0 aliphatic heterocycles. The van der Waals surface area contributed by atoms with Gasteiger partial charge in [0.25, 0.3) is 0 Å². The predicted molar refractivity (Wildman–Crippen MR) is 63.7 cm³/mol. The van der Waals surface area contributed by atoms with E-state index in [-0.39, 0.29) is 5.78 Å². The first-order valence-corrected chi connectivity index (χ1v) is 5.27. The van der Waals surface area contributed by atoms with Gasteiger partial charge in [0.15, 0.2) is 5.78 Å². The molecule has 0 bridgehead atoms. The van der Waals surface area contributed by atoms with E-state index in [1.807, 2.05) is 0 Å². The van der Waals surface area contributed by atoms with Crippen molar-refractivity contribution >= 4 is 28.4 Å². The van der Waals surface area contributed by atoms with Crippen molar-refractivity contribution in [3.63, 3.8) is 0 Å². The lowest BCUT2D eigenvalue weighted by Crippen LogP contribution is -2.07. The van der Waals surface area contributed by atoms with E-state index in [1.54, 1.807) is 19.2 Å². The fraction of sp³-hybridized carbons (Fsp3) is 0.300. The molecule has 5 heteroatoms. The molecule has 0 aromatic heterocycles. The number of Topliss-reactive ketones (excluding diaryl/α,β-unsaturated/α-hetero) is 1. The smallest absolute Gasteiger partial charge is 0.191 e. The molecule has 0 aliphatic carbocycles. The van der Waals surface area contributed by atoms with E-state index in [0.717, 1.165) is 3.57 Å². The third-order valence-electron chi connectivity index (χ3n) is 1.92. The van der Waals surface area contributed by atoms with E-state index in [1.165, 1.54) is 7.11 Å². The molecule has 1 aromatic rings. The quantitative estimate of drug-likeness (QED) is 0.674. The molecule has 0 unspecified atom stereocenters. The molecule has 0 amide bonds. The number of ether oxygens (including phenoxy) is 2. The van der Waals surface area contributed by atoms with Crippen LogP contribution in [-0.4, -0.2) is 31.7 Å². The van der Waals surface area contributed by atoms with Gasteiger partial charge in [-0.2, -0.15) is 0 Å². The van der Waals surface area contributed by atoms with E-state index in [0.29, 0.717) is 17.1 Å². The third-order valence-corrected chi connectivity index (χ3v) is 2.76. The summed E-state index contributed by atoms with van der Waals surface area (Å²) in [6.07, 6.45) is 0. The summed E-state index contributed by atoms with van der Waals surface area (Å²) in [5, 5.41) is 8.79. The standard InChI is InChI=1S/C10H11IO4/c1-14-9-4-10(15-2)7(11)3-6(9)8(13)5-12/h3-4,12H,5H2,1-2H3. The second-order valence-electron chi connectivity index (χ2n) is 2.77. The molecule has 15 heavy (non-hydrogen) atoms. The molecule has 0 radical (unpaired) electrons. The average Bonchev–Trinajstić information content (AvgIpc) is 2.27.